The largest absolute Gasteiger partial charge is 0.390 e. The minimum Gasteiger partial charge on any atom is -0.390 e. The molecule has 6 rings (SSSR count). The summed E-state index contributed by atoms with van der Waals surface area (Å²) in [7, 11) is 0. The van der Waals surface area contributed by atoms with Crippen molar-refractivity contribution in [3.63, 3.8) is 0 Å². The van der Waals surface area contributed by atoms with Crippen LogP contribution in [-0.2, 0) is 16.0 Å². The molecule has 2 saturated heterocycles. The molecular weight excluding hydrogens is 647 g/mol. The summed E-state index contributed by atoms with van der Waals surface area (Å²) < 4.78 is 0. The van der Waals surface area contributed by atoms with Gasteiger partial charge in [0.05, 0.1) is 23.7 Å². The minimum atomic E-state index is -0.944. The molecule has 9 nitrogen and oxygen atoms in total. The van der Waals surface area contributed by atoms with E-state index in [0.717, 1.165) is 60.2 Å². The van der Waals surface area contributed by atoms with Crippen LogP contribution in [0.3, 0.4) is 0 Å². The van der Waals surface area contributed by atoms with Crippen molar-refractivity contribution in [3.05, 3.63) is 78.0 Å². The lowest BCUT2D eigenvalue weighted by atomic mass is 9.72. The summed E-state index contributed by atoms with van der Waals surface area (Å²) in [6, 6.07) is 19.3. The number of pyridine rings is 1. The average molecular weight is 700 g/mol. The summed E-state index contributed by atoms with van der Waals surface area (Å²) in [6.45, 7) is 7.01. The molecule has 268 valence electrons. The molecule has 3 fully saturated rings. The number of carbonyl (C=O) groups is 3. The molecule has 3 amide bonds. The summed E-state index contributed by atoms with van der Waals surface area (Å²) in [6.07, 6.45) is 5.75. The van der Waals surface area contributed by atoms with Gasteiger partial charge in [-0.1, -0.05) is 73.9 Å². The lowest BCUT2D eigenvalue weighted by molar-refractivity contribution is -0.133. The number of hydrogen-bond acceptors (Lipinski definition) is 7. The number of piperidine rings is 1. The van der Waals surface area contributed by atoms with Gasteiger partial charge < -0.3 is 21.1 Å². The van der Waals surface area contributed by atoms with Crippen molar-refractivity contribution < 1.29 is 19.5 Å². The lowest BCUT2D eigenvalue weighted by Gasteiger charge is -2.47. The van der Waals surface area contributed by atoms with Crippen molar-refractivity contribution in [1.29, 1.82) is 0 Å². The smallest absolute Gasteiger partial charge is 0.270 e. The molecule has 0 spiro atoms. The number of β-amino-alcohol motifs (C(OH)–C–C–N with tert-alkyl or cyclic N) is 1. The van der Waals surface area contributed by atoms with Gasteiger partial charge in [0.15, 0.2) is 0 Å². The second-order valence-corrected chi connectivity index (χ2v) is 16.7. The Bertz CT molecular complexity index is 1620. The Morgan fingerprint density at radius 2 is 1.68 bits per heavy atom. The molecule has 1 aromatic heterocycles. The van der Waals surface area contributed by atoms with Gasteiger partial charge in [0, 0.05) is 24.0 Å². The first kappa shape index (κ1) is 36.3. The topological polar surface area (TPSA) is 124 Å². The van der Waals surface area contributed by atoms with Gasteiger partial charge in [-0.3, -0.25) is 19.3 Å². The third kappa shape index (κ3) is 9.25. The molecule has 2 aromatic carbocycles. The van der Waals surface area contributed by atoms with E-state index in [-0.39, 0.29) is 41.6 Å². The van der Waals surface area contributed by atoms with Crippen LogP contribution in [0.1, 0.15) is 75.3 Å². The second-order valence-electron chi connectivity index (χ2n) is 15.6. The van der Waals surface area contributed by atoms with E-state index in [2.05, 4.69) is 25.8 Å². The number of thioether (sulfide) groups is 1. The van der Waals surface area contributed by atoms with Crippen LogP contribution in [0.25, 0.3) is 10.9 Å². The van der Waals surface area contributed by atoms with Crippen molar-refractivity contribution in [1.82, 2.24) is 25.8 Å². The van der Waals surface area contributed by atoms with Gasteiger partial charge in [-0.2, -0.15) is 11.8 Å². The number of fused-ring (bicyclic) bond motifs is 2. The van der Waals surface area contributed by atoms with Crippen molar-refractivity contribution in [2.24, 2.45) is 17.8 Å². The zero-order chi connectivity index (χ0) is 35.3. The van der Waals surface area contributed by atoms with Crippen LogP contribution in [-0.4, -0.2) is 87.1 Å². The molecule has 1 aliphatic carbocycles. The first-order valence-electron chi connectivity index (χ1n) is 18.4. The highest BCUT2D eigenvalue weighted by atomic mass is 32.2. The summed E-state index contributed by atoms with van der Waals surface area (Å²) in [5.41, 5.74) is 1.60. The van der Waals surface area contributed by atoms with Gasteiger partial charge in [0.1, 0.15) is 11.7 Å². The Labute approximate surface area is 300 Å². The number of hydrogen-bond donors (Lipinski definition) is 4. The number of benzene rings is 2. The highest BCUT2D eigenvalue weighted by molar-refractivity contribution is 7.99. The number of nitrogens with one attached hydrogen (secondary N) is 3. The molecule has 0 radical (unpaired) electrons. The molecule has 50 heavy (non-hydrogen) atoms. The third-order valence-electron chi connectivity index (χ3n) is 10.7. The quantitative estimate of drug-likeness (QED) is 0.223. The monoisotopic (exact) mass is 699 g/mol. The Morgan fingerprint density at radius 1 is 0.940 bits per heavy atom. The molecule has 3 heterocycles. The van der Waals surface area contributed by atoms with E-state index in [1.807, 2.05) is 81.4 Å². The molecule has 0 unspecified atom stereocenters. The first-order chi connectivity index (χ1) is 24.0. The predicted octanol–water partition coefficient (Wildman–Crippen LogP) is 4.97. The zero-order valence-corrected chi connectivity index (χ0v) is 30.5. The van der Waals surface area contributed by atoms with Gasteiger partial charge in [-0.05, 0) is 93.4 Å². The summed E-state index contributed by atoms with van der Waals surface area (Å²) in [5.74, 6) is 1.95. The van der Waals surface area contributed by atoms with E-state index in [0.29, 0.717) is 18.3 Å². The second kappa shape index (κ2) is 16.3. The highest BCUT2D eigenvalue weighted by Gasteiger charge is 2.42. The van der Waals surface area contributed by atoms with Gasteiger partial charge in [0.2, 0.25) is 11.8 Å². The van der Waals surface area contributed by atoms with E-state index in [9.17, 15) is 19.5 Å². The summed E-state index contributed by atoms with van der Waals surface area (Å²) >= 11 is 1.78. The van der Waals surface area contributed by atoms with Crippen molar-refractivity contribution >= 4 is 40.4 Å². The SMILES string of the molecule is CC(C)(C)NC(=O)[C@@H]1C[C@@H]2CCCC[C@@H]2CN1C[C@@H](O)[C@H](Cc1ccccc1)NC(=O)[C@@H](NC(=O)c1ccc2ccccc2n1)[C@H]1CCSC1. The van der Waals surface area contributed by atoms with Crippen LogP contribution in [0.15, 0.2) is 66.7 Å². The number of carbonyl (C=O) groups excluding carboxylic acids is 3. The number of para-hydroxylation sites is 1. The predicted molar refractivity (Wildman–Crippen MR) is 200 cm³/mol. The van der Waals surface area contributed by atoms with Crippen LogP contribution in [0.5, 0.6) is 0 Å². The minimum absolute atomic E-state index is 0.00109. The van der Waals surface area contributed by atoms with E-state index in [4.69, 9.17) is 0 Å². The maximum Gasteiger partial charge on any atom is 0.270 e. The number of aliphatic hydroxyl groups is 1. The van der Waals surface area contributed by atoms with E-state index in [1.54, 1.807) is 17.8 Å². The van der Waals surface area contributed by atoms with Crippen LogP contribution in [0, 0.1) is 17.8 Å². The molecule has 0 bridgehead atoms. The van der Waals surface area contributed by atoms with Gasteiger partial charge in [-0.25, -0.2) is 4.98 Å². The molecule has 10 heteroatoms. The van der Waals surface area contributed by atoms with Crippen LogP contribution >= 0.6 is 11.8 Å². The number of amides is 3. The molecule has 4 N–H and O–H groups in total. The first-order valence-corrected chi connectivity index (χ1v) is 19.5. The van der Waals surface area contributed by atoms with E-state index in [1.165, 1.54) is 12.8 Å². The molecule has 3 aliphatic rings. The molecule has 2 aliphatic heterocycles. The molecular formula is C40H53N5O4S. The van der Waals surface area contributed by atoms with Crippen LogP contribution in [0.4, 0.5) is 0 Å². The summed E-state index contributed by atoms with van der Waals surface area (Å²) in [5, 5.41) is 22.4. The van der Waals surface area contributed by atoms with Gasteiger partial charge in [-0.15, -0.1) is 0 Å². The summed E-state index contributed by atoms with van der Waals surface area (Å²) in [4.78, 5) is 48.3. The van der Waals surface area contributed by atoms with Crippen molar-refractivity contribution in [3.8, 4) is 0 Å². The number of likely N-dealkylation sites (tertiary alicyclic amines) is 1. The Balaban J connectivity index is 1.22. The van der Waals surface area contributed by atoms with Gasteiger partial charge in [0.25, 0.3) is 5.91 Å². The number of nitrogens with zero attached hydrogens (tertiary/aromatic N) is 2. The fourth-order valence-electron chi connectivity index (χ4n) is 8.04. The maximum atomic E-state index is 14.3. The van der Waals surface area contributed by atoms with Crippen molar-refractivity contribution in [2.45, 2.75) is 95.5 Å². The average Bonchev–Trinajstić information content (AvgIpc) is 3.64. The fraction of sp³-hybridized carbons (Fsp3) is 0.550. The fourth-order valence-corrected chi connectivity index (χ4v) is 9.34. The highest BCUT2D eigenvalue weighted by Crippen LogP contribution is 2.39. The normalized spacial score (nSPS) is 24.5. The molecule has 7 atom stereocenters. The zero-order valence-electron chi connectivity index (χ0n) is 29.6. The number of aromatic nitrogens is 1. The molecule has 1 saturated carbocycles. The number of rotatable bonds is 11. The Kier molecular flexibility index (Phi) is 11.8. The third-order valence-corrected chi connectivity index (χ3v) is 11.8. The van der Waals surface area contributed by atoms with Crippen LogP contribution in [0.2, 0.25) is 0 Å². The van der Waals surface area contributed by atoms with Crippen LogP contribution < -0.4 is 16.0 Å². The molecule has 3 aromatic rings. The Morgan fingerprint density at radius 3 is 2.42 bits per heavy atom. The standard InChI is InChI=1S/C40H53N5O4S/c1-40(2,3)44-38(48)34-22-28-14-7-8-15-29(28)23-45(34)24-35(46)33(21-26-11-5-4-6-12-26)42-39(49)36(30-19-20-50-25-30)43-37(47)32-18-17-27-13-9-10-16-31(27)41-32/h4-6,9-13,16-18,28-30,33-36,46H,7-8,14-15,19-25H2,1-3H3,(H,42,49)(H,43,47)(H,44,48)/t28-,29+,30-,33-,34-,35+,36-/m0/s1. The lowest BCUT2D eigenvalue weighted by Crippen LogP contribution is -2.61. The number of aliphatic hydroxyl groups excluding tert-OH is 1. The van der Waals surface area contributed by atoms with E-state index >= 15 is 0 Å². The van der Waals surface area contributed by atoms with E-state index < -0.39 is 24.1 Å². The van der Waals surface area contributed by atoms with Crippen molar-refractivity contribution in [2.75, 3.05) is 24.6 Å². The Hall–Kier alpha value is -3.47. The maximum absolute atomic E-state index is 14.3. The van der Waals surface area contributed by atoms with Gasteiger partial charge >= 0.3 is 0 Å².